The molecule has 2 aromatic rings. The van der Waals surface area contributed by atoms with Crippen molar-refractivity contribution in [1.29, 1.82) is 0 Å². The van der Waals surface area contributed by atoms with Gasteiger partial charge in [-0.1, -0.05) is 56.3 Å². The first-order chi connectivity index (χ1) is 12.1. The van der Waals surface area contributed by atoms with Gasteiger partial charge in [0.05, 0.1) is 0 Å². The highest BCUT2D eigenvalue weighted by molar-refractivity contribution is 5.67. The zero-order chi connectivity index (χ0) is 17.6. The predicted octanol–water partition coefficient (Wildman–Crippen LogP) is 5.70. The Morgan fingerprint density at radius 2 is 1.84 bits per heavy atom. The lowest BCUT2D eigenvalue weighted by molar-refractivity contribution is 0.293. The molecule has 2 aromatic carbocycles. The van der Waals surface area contributed by atoms with Gasteiger partial charge in [-0.3, -0.25) is 4.90 Å². The quantitative estimate of drug-likeness (QED) is 0.653. The van der Waals surface area contributed by atoms with E-state index in [1.165, 1.54) is 11.1 Å². The van der Waals surface area contributed by atoms with Crippen LogP contribution < -0.4 is 0 Å². The average Bonchev–Trinajstić information content (AvgIpc) is 2.63. The molecule has 0 saturated carbocycles. The fourth-order valence-electron chi connectivity index (χ4n) is 3.37. The van der Waals surface area contributed by atoms with Crippen LogP contribution in [-0.2, 0) is 13.0 Å². The van der Waals surface area contributed by atoms with Gasteiger partial charge in [0.25, 0.3) is 0 Å². The minimum absolute atomic E-state index is 0.0870. The Hall–Kier alpha value is -1.93. The highest BCUT2D eigenvalue weighted by atomic mass is 19.1. The van der Waals surface area contributed by atoms with Crippen LogP contribution in [0, 0.1) is 11.7 Å². The molecule has 132 valence electrons. The molecule has 25 heavy (non-hydrogen) atoms. The van der Waals surface area contributed by atoms with Gasteiger partial charge < -0.3 is 0 Å². The van der Waals surface area contributed by atoms with Crippen molar-refractivity contribution < 1.29 is 4.39 Å². The second-order valence-corrected chi connectivity index (χ2v) is 7.45. The predicted molar refractivity (Wildman–Crippen MR) is 104 cm³/mol. The number of hydrogen-bond acceptors (Lipinski definition) is 1. The second-order valence-electron chi connectivity index (χ2n) is 7.45. The summed E-state index contributed by atoms with van der Waals surface area (Å²) < 4.78 is 14.3. The third kappa shape index (κ3) is 5.02. The van der Waals surface area contributed by atoms with E-state index in [1.54, 1.807) is 6.07 Å². The lowest BCUT2D eigenvalue weighted by Gasteiger charge is -2.26. The zero-order valence-corrected chi connectivity index (χ0v) is 15.3. The number of aryl methyl sites for hydroxylation is 1. The van der Waals surface area contributed by atoms with Crippen LogP contribution in [0.15, 0.2) is 54.6 Å². The van der Waals surface area contributed by atoms with Gasteiger partial charge in [0.1, 0.15) is 5.82 Å². The van der Waals surface area contributed by atoms with Gasteiger partial charge in [0.2, 0.25) is 0 Å². The molecular weight excluding hydrogens is 309 g/mol. The molecule has 0 radical (unpaired) electrons. The smallest absolute Gasteiger partial charge is 0.130 e. The Labute approximate surface area is 151 Å². The number of hydrogen-bond donors (Lipinski definition) is 0. The molecule has 0 unspecified atom stereocenters. The van der Waals surface area contributed by atoms with Gasteiger partial charge in [-0.05, 0) is 54.0 Å². The molecule has 0 amide bonds. The minimum atomic E-state index is -0.0870. The van der Waals surface area contributed by atoms with Gasteiger partial charge in [-0.2, -0.15) is 0 Å². The first-order valence-corrected chi connectivity index (χ1v) is 9.36. The van der Waals surface area contributed by atoms with Crippen molar-refractivity contribution in [1.82, 2.24) is 4.90 Å². The van der Waals surface area contributed by atoms with Crippen molar-refractivity contribution in [3.05, 3.63) is 77.1 Å². The molecule has 1 aliphatic heterocycles. The van der Waals surface area contributed by atoms with Crippen LogP contribution in [0.3, 0.4) is 0 Å². The maximum Gasteiger partial charge on any atom is 0.130 e. The van der Waals surface area contributed by atoms with Crippen LogP contribution in [0.5, 0.6) is 0 Å². The highest BCUT2D eigenvalue weighted by Gasteiger charge is 2.16. The van der Waals surface area contributed by atoms with Crippen molar-refractivity contribution in [2.45, 2.75) is 39.7 Å². The Bertz CT molecular complexity index is 718. The van der Waals surface area contributed by atoms with Crippen LogP contribution in [0.25, 0.3) is 5.57 Å². The van der Waals surface area contributed by atoms with E-state index in [9.17, 15) is 4.39 Å². The summed E-state index contributed by atoms with van der Waals surface area (Å²) in [5.74, 6) is 0.588. The van der Waals surface area contributed by atoms with Crippen LogP contribution >= 0.6 is 0 Å². The van der Waals surface area contributed by atoms with Gasteiger partial charge in [0, 0.05) is 25.2 Å². The average molecular weight is 337 g/mol. The first-order valence-electron chi connectivity index (χ1n) is 9.36. The maximum absolute atomic E-state index is 14.3. The van der Waals surface area contributed by atoms with Crippen molar-refractivity contribution >= 4 is 5.57 Å². The summed E-state index contributed by atoms with van der Waals surface area (Å²) in [5, 5.41) is 0. The number of halogens is 1. The molecule has 1 aliphatic rings. The Morgan fingerprint density at radius 1 is 1.04 bits per heavy atom. The number of nitrogens with zero attached hydrogens (tertiary/aromatic N) is 1. The molecule has 0 spiro atoms. The minimum Gasteiger partial charge on any atom is -0.295 e. The van der Waals surface area contributed by atoms with E-state index in [0.717, 1.165) is 50.0 Å². The first kappa shape index (κ1) is 17.9. The Kier molecular flexibility index (Phi) is 6.04. The van der Waals surface area contributed by atoms with Crippen LogP contribution in [0.4, 0.5) is 4.39 Å². The van der Waals surface area contributed by atoms with E-state index in [4.69, 9.17) is 0 Å². The van der Waals surface area contributed by atoms with E-state index >= 15 is 0 Å². The lowest BCUT2D eigenvalue weighted by Crippen LogP contribution is -2.28. The third-order valence-electron chi connectivity index (χ3n) is 4.93. The Morgan fingerprint density at radius 3 is 2.52 bits per heavy atom. The van der Waals surface area contributed by atoms with E-state index in [-0.39, 0.29) is 5.82 Å². The fraction of sp³-hybridized carbons (Fsp3) is 0.391. The molecule has 0 bridgehead atoms. The molecule has 1 nitrogen and oxygen atoms in total. The summed E-state index contributed by atoms with van der Waals surface area (Å²) in [7, 11) is 0. The number of rotatable bonds is 6. The molecule has 0 saturated heterocycles. The maximum atomic E-state index is 14.3. The molecule has 0 aliphatic carbocycles. The van der Waals surface area contributed by atoms with Crippen LogP contribution in [0.2, 0.25) is 0 Å². The van der Waals surface area contributed by atoms with Gasteiger partial charge in [-0.15, -0.1) is 0 Å². The zero-order valence-electron chi connectivity index (χ0n) is 15.3. The fourth-order valence-corrected chi connectivity index (χ4v) is 3.37. The molecule has 0 fully saturated rings. The van der Waals surface area contributed by atoms with Gasteiger partial charge in [0.15, 0.2) is 0 Å². The van der Waals surface area contributed by atoms with Crippen molar-refractivity contribution in [2.24, 2.45) is 5.92 Å². The van der Waals surface area contributed by atoms with Crippen LogP contribution in [-0.4, -0.2) is 18.0 Å². The van der Waals surface area contributed by atoms with Gasteiger partial charge >= 0.3 is 0 Å². The van der Waals surface area contributed by atoms with E-state index < -0.39 is 0 Å². The topological polar surface area (TPSA) is 3.24 Å². The SMILES string of the molecule is CC(C)CCc1ccc(F)c(C2=CCN(Cc3ccccc3)CC2)c1. The molecule has 3 rings (SSSR count). The normalized spacial score (nSPS) is 15.4. The van der Waals surface area contributed by atoms with E-state index in [2.05, 4.69) is 55.2 Å². The van der Waals surface area contributed by atoms with E-state index in [0.29, 0.717) is 5.92 Å². The van der Waals surface area contributed by atoms with E-state index in [1.807, 2.05) is 12.1 Å². The molecule has 0 aromatic heterocycles. The highest BCUT2D eigenvalue weighted by Crippen LogP contribution is 2.27. The molecule has 0 N–H and O–H groups in total. The molecule has 1 heterocycles. The summed E-state index contributed by atoms with van der Waals surface area (Å²) in [5.41, 5.74) is 4.55. The van der Waals surface area contributed by atoms with Crippen molar-refractivity contribution in [3.8, 4) is 0 Å². The van der Waals surface area contributed by atoms with Crippen LogP contribution in [0.1, 0.15) is 43.4 Å². The Balaban J connectivity index is 1.67. The monoisotopic (exact) mass is 337 g/mol. The van der Waals surface area contributed by atoms with Gasteiger partial charge in [-0.25, -0.2) is 4.39 Å². The molecule has 0 atom stereocenters. The summed E-state index contributed by atoms with van der Waals surface area (Å²) in [6, 6.07) is 16.2. The van der Waals surface area contributed by atoms with Crippen molar-refractivity contribution in [2.75, 3.05) is 13.1 Å². The largest absolute Gasteiger partial charge is 0.295 e. The lowest BCUT2D eigenvalue weighted by atomic mass is 9.94. The standard InChI is InChI=1S/C23H28FN/c1-18(2)8-9-19-10-11-23(24)22(16-19)21-12-14-25(15-13-21)17-20-6-4-3-5-7-20/h3-7,10-12,16,18H,8-9,13-15,17H2,1-2H3. The molecule has 2 heteroatoms. The molecular formula is C23H28FN. The third-order valence-corrected chi connectivity index (χ3v) is 4.93. The number of benzene rings is 2. The summed E-state index contributed by atoms with van der Waals surface area (Å²) in [6.07, 6.45) is 5.29. The summed E-state index contributed by atoms with van der Waals surface area (Å²) in [6.45, 7) is 7.29. The summed E-state index contributed by atoms with van der Waals surface area (Å²) in [4.78, 5) is 2.42. The van der Waals surface area contributed by atoms with Crippen molar-refractivity contribution in [3.63, 3.8) is 0 Å². The second kappa shape index (κ2) is 8.44. The summed E-state index contributed by atoms with van der Waals surface area (Å²) >= 11 is 0.